The van der Waals surface area contributed by atoms with Crippen LogP contribution in [0.3, 0.4) is 0 Å². The molecule has 4 aliphatic rings. The van der Waals surface area contributed by atoms with E-state index in [1.807, 2.05) is 0 Å². The normalized spacial score (nSPS) is 57.9. The summed E-state index contributed by atoms with van der Waals surface area (Å²) in [5.74, 6) is 2.45. The third-order valence-corrected chi connectivity index (χ3v) is 8.37. The highest BCUT2D eigenvalue weighted by molar-refractivity contribution is 5.91. The molecule has 0 amide bonds. The molecule has 4 fully saturated rings. The molecule has 4 saturated carbocycles. The van der Waals surface area contributed by atoms with Crippen molar-refractivity contribution in [2.75, 3.05) is 0 Å². The van der Waals surface area contributed by atoms with Gasteiger partial charge in [0.25, 0.3) is 0 Å². The van der Waals surface area contributed by atoms with Crippen molar-refractivity contribution in [3.63, 3.8) is 0 Å². The molecule has 3 nitrogen and oxygen atoms in total. The van der Waals surface area contributed by atoms with Crippen molar-refractivity contribution < 1.29 is 15.0 Å². The summed E-state index contributed by atoms with van der Waals surface area (Å²) in [6.07, 6.45) is 7.43. The molecule has 4 aliphatic carbocycles. The maximum Gasteiger partial charge on any atom is 0.167 e. The first-order valence-electron chi connectivity index (χ1n) is 9.26. The van der Waals surface area contributed by atoms with Gasteiger partial charge in [-0.2, -0.15) is 0 Å². The molecule has 0 spiro atoms. The van der Waals surface area contributed by atoms with Crippen molar-refractivity contribution in [3.05, 3.63) is 0 Å². The second kappa shape index (κ2) is 4.80. The van der Waals surface area contributed by atoms with E-state index in [2.05, 4.69) is 13.8 Å². The van der Waals surface area contributed by atoms with Crippen LogP contribution in [0.5, 0.6) is 0 Å². The molecule has 0 aromatic rings. The van der Waals surface area contributed by atoms with Gasteiger partial charge in [-0.3, -0.25) is 4.79 Å². The van der Waals surface area contributed by atoms with Crippen LogP contribution in [0.4, 0.5) is 0 Å². The van der Waals surface area contributed by atoms with Gasteiger partial charge in [-0.05, 0) is 80.5 Å². The van der Waals surface area contributed by atoms with E-state index in [0.29, 0.717) is 35.5 Å². The Morgan fingerprint density at radius 2 is 1.73 bits per heavy atom. The topological polar surface area (TPSA) is 57.5 Å². The highest BCUT2D eigenvalue weighted by Crippen LogP contribution is 2.65. The molecule has 0 aliphatic heterocycles. The van der Waals surface area contributed by atoms with Crippen LogP contribution < -0.4 is 0 Å². The molecule has 0 heterocycles. The number of aliphatic hydroxyl groups is 2. The van der Waals surface area contributed by atoms with E-state index in [4.69, 9.17) is 0 Å². The van der Waals surface area contributed by atoms with Gasteiger partial charge < -0.3 is 10.2 Å². The van der Waals surface area contributed by atoms with E-state index in [1.54, 1.807) is 0 Å². The molecular formula is C19H30O3. The smallest absolute Gasteiger partial charge is 0.167 e. The Labute approximate surface area is 133 Å². The van der Waals surface area contributed by atoms with E-state index in [9.17, 15) is 15.0 Å². The standard InChI is InChI=1S/C19H30O3/c1-18-7-5-12(20)9-11(18)3-4-13-14(18)6-8-19(2)15(13)10-16(21)17(19)22/h11-16,20-21H,3-10H2,1-2H3/t11?,12-,13-,14+,15+,16?,18+,19+/m1/s1. The first kappa shape index (κ1) is 15.1. The van der Waals surface area contributed by atoms with Crippen LogP contribution in [0.15, 0.2) is 0 Å². The lowest BCUT2D eigenvalue weighted by Gasteiger charge is -2.59. The Morgan fingerprint density at radius 1 is 0.955 bits per heavy atom. The molecule has 0 aromatic heterocycles. The van der Waals surface area contributed by atoms with Crippen molar-refractivity contribution >= 4 is 5.78 Å². The van der Waals surface area contributed by atoms with Gasteiger partial charge in [0.15, 0.2) is 5.78 Å². The van der Waals surface area contributed by atoms with Gasteiger partial charge in [0.1, 0.15) is 6.10 Å². The molecule has 3 heteroatoms. The molecule has 2 N–H and O–H groups in total. The summed E-state index contributed by atoms with van der Waals surface area (Å²) in [6, 6.07) is 0. The van der Waals surface area contributed by atoms with Crippen LogP contribution in [0.1, 0.15) is 65.2 Å². The number of ketones is 1. The molecule has 4 rings (SSSR count). The lowest BCUT2D eigenvalue weighted by molar-refractivity contribution is -0.144. The number of hydrogen-bond donors (Lipinski definition) is 2. The Kier molecular flexibility index (Phi) is 3.30. The zero-order valence-corrected chi connectivity index (χ0v) is 13.9. The largest absolute Gasteiger partial charge is 0.393 e. The SMILES string of the molecule is C[C@]12CC[C@@H](O)CC1CC[C@@H]1[C@@H]2CC[C@]2(C)C(=O)C(O)C[C@@H]12. The van der Waals surface area contributed by atoms with Crippen LogP contribution >= 0.6 is 0 Å². The van der Waals surface area contributed by atoms with Gasteiger partial charge >= 0.3 is 0 Å². The minimum atomic E-state index is -0.715. The summed E-state index contributed by atoms with van der Waals surface area (Å²) in [7, 11) is 0. The molecule has 8 atom stereocenters. The molecule has 0 aromatic carbocycles. The number of fused-ring (bicyclic) bond motifs is 5. The fraction of sp³-hybridized carbons (Fsp3) is 0.947. The van der Waals surface area contributed by atoms with Crippen LogP contribution in [0, 0.1) is 34.5 Å². The highest BCUT2D eigenvalue weighted by Gasteiger charge is 2.62. The molecule has 0 saturated heterocycles. The van der Waals surface area contributed by atoms with Gasteiger partial charge in [-0.1, -0.05) is 13.8 Å². The highest BCUT2D eigenvalue weighted by atomic mass is 16.3. The second-order valence-corrected chi connectivity index (χ2v) is 9.16. The number of carbonyl (C=O) groups excluding carboxylic acids is 1. The van der Waals surface area contributed by atoms with Crippen molar-refractivity contribution in [2.24, 2.45) is 34.5 Å². The van der Waals surface area contributed by atoms with E-state index in [0.717, 1.165) is 32.1 Å². The average molecular weight is 306 g/mol. The fourth-order valence-electron chi connectivity index (χ4n) is 7.02. The zero-order valence-electron chi connectivity index (χ0n) is 13.9. The first-order valence-corrected chi connectivity index (χ1v) is 9.26. The van der Waals surface area contributed by atoms with Crippen molar-refractivity contribution in [2.45, 2.75) is 77.4 Å². The first-order chi connectivity index (χ1) is 10.4. The number of Topliss-reactive ketones (excluding diaryl/α,β-unsaturated/α-hetero) is 1. The maximum atomic E-state index is 12.5. The number of hydrogen-bond acceptors (Lipinski definition) is 3. The molecule has 124 valence electrons. The molecule has 2 unspecified atom stereocenters. The van der Waals surface area contributed by atoms with Gasteiger partial charge in [0.05, 0.1) is 6.10 Å². The number of aliphatic hydroxyl groups excluding tert-OH is 2. The van der Waals surface area contributed by atoms with E-state index in [1.165, 1.54) is 12.8 Å². The number of carbonyl (C=O) groups is 1. The quantitative estimate of drug-likeness (QED) is 0.723. The van der Waals surface area contributed by atoms with Gasteiger partial charge in [0, 0.05) is 5.41 Å². The van der Waals surface area contributed by atoms with Crippen LogP contribution in [0.25, 0.3) is 0 Å². The third-order valence-electron chi connectivity index (χ3n) is 8.37. The van der Waals surface area contributed by atoms with E-state index >= 15 is 0 Å². The summed E-state index contributed by atoms with van der Waals surface area (Å²) < 4.78 is 0. The molecular weight excluding hydrogens is 276 g/mol. The van der Waals surface area contributed by atoms with Crippen molar-refractivity contribution in [1.82, 2.24) is 0 Å². The monoisotopic (exact) mass is 306 g/mol. The summed E-state index contributed by atoms with van der Waals surface area (Å²) in [5.41, 5.74) is 0.0814. The Balaban J connectivity index is 1.64. The predicted octanol–water partition coefficient (Wildman–Crippen LogP) is 2.93. The van der Waals surface area contributed by atoms with Gasteiger partial charge in [0.2, 0.25) is 0 Å². The van der Waals surface area contributed by atoms with E-state index < -0.39 is 6.10 Å². The maximum absolute atomic E-state index is 12.5. The fourth-order valence-corrected chi connectivity index (χ4v) is 7.02. The predicted molar refractivity (Wildman–Crippen MR) is 84.1 cm³/mol. The lowest BCUT2D eigenvalue weighted by Crippen LogP contribution is -2.54. The molecule has 22 heavy (non-hydrogen) atoms. The van der Waals surface area contributed by atoms with Crippen molar-refractivity contribution in [1.29, 1.82) is 0 Å². The van der Waals surface area contributed by atoms with Crippen LogP contribution in [-0.4, -0.2) is 28.2 Å². The number of rotatable bonds is 0. The average Bonchev–Trinajstić information content (AvgIpc) is 2.72. The van der Waals surface area contributed by atoms with Crippen LogP contribution in [-0.2, 0) is 4.79 Å². The van der Waals surface area contributed by atoms with Gasteiger partial charge in [-0.25, -0.2) is 0 Å². The third kappa shape index (κ3) is 1.84. The summed E-state index contributed by atoms with van der Waals surface area (Å²) in [4.78, 5) is 12.5. The minimum Gasteiger partial charge on any atom is -0.393 e. The Bertz CT molecular complexity index is 489. The zero-order chi connectivity index (χ0) is 15.7. The Morgan fingerprint density at radius 3 is 2.50 bits per heavy atom. The van der Waals surface area contributed by atoms with Crippen LogP contribution in [0.2, 0.25) is 0 Å². The second-order valence-electron chi connectivity index (χ2n) is 9.16. The van der Waals surface area contributed by atoms with Gasteiger partial charge in [-0.15, -0.1) is 0 Å². The summed E-state index contributed by atoms with van der Waals surface area (Å²) in [5, 5.41) is 20.2. The summed E-state index contributed by atoms with van der Waals surface area (Å²) >= 11 is 0. The summed E-state index contributed by atoms with van der Waals surface area (Å²) in [6.45, 7) is 4.57. The molecule has 0 bridgehead atoms. The van der Waals surface area contributed by atoms with E-state index in [-0.39, 0.29) is 17.3 Å². The van der Waals surface area contributed by atoms with Crippen molar-refractivity contribution in [3.8, 4) is 0 Å². The molecule has 0 radical (unpaired) electrons. The minimum absolute atomic E-state index is 0.0987. The Hall–Kier alpha value is -0.410. The lowest BCUT2D eigenvalue weighted by atomic mass is 9.45.